The molecule has 1 aromatic carbocycles. The van der Waals surface area contributed by atoms with E-state index in [9.17, 15) is 9.18 Å². The first-order chi connectivity index (χ1) is 15.4. The van der Waals surface area contributed by atoms with Gasteiger partial charge in [-0.1, -0.05) is 32.0 Å². The Morgan fingerprint density at radius 3 is 2.69 bits per heavy atom. The van der Waals surface area contributed by atoms with E-state index in [1.165, 1.54) is 4.88 Å². The van der Waals surface area contributed by atoms with Gasteiger partial charge in [0.1, 0.15) is 5.82 Å². The average molecular weight is 461 g/mol. The van der Waals surface area contributed by atoms with Gasteiger partial charge >= 0.3 is 0 Å². The second kappa shape index (κ2) is 10.00. The molecule has 2 aliphatic rings. The number of carbonyl (C=O) groups is 1. The molecule has 0 radical (unpaired) electrons. The number of piperidine rings is 1. The molecule has 0 aliphatic carbocycles. The Morgan fingerprint density at radius 1 is 1.25 bits per heavy atom. The van der Waals surface area contributed by atoms with Crippen LogP contribution in [-0.2, 0) is 17.7 Å². The Labute approximate surface area is 193 Å². The number of morpholine rings is 1. The molecule has 1 aromatic heterocycles. The van der Waals surface area contributed by atoms with Crippen LogP contribution in [0.2, 0.25) is 0 Å². The fourth-order valence-corrected chi connectivity index (χ4v) is 5.60. The normalized spacial score (nSPS) is 19.1. The van der Waals surface area contributed by atoms with Crippen LogP contribution in [0.1, 0.15) is 59.0 Å². The first kappa shape index (κ1) is 23.4. The molecule has 2 aliphatic heterocycles. The summed E-state index contributed by atoms with van der Waals surface area (Å²) in [4.78, 5) is 18.5. The van der Waals surface area contributed by atoms with Crippen molar-refractivity contribution >= 4 is 17.2 Å². The van der Waals surface area contributed by atoms with Crippen molar-refractivity contribution < 1.29 is 19.0 Å². The van der Waals surface area contributed by atoms with Crippen molar-refractivity contribution in [1.82, 2.24) is 9.80 Å². The molecule has 2 saturated heterocycles. The molecule has 174 valence electrons. The quantitative estimate of drug-likeness (QED) is 0.707. The van der Waals surface area contributed by atoms with Gasteiger partial charge in [0.25, 0.3) is 5.91 Å². The highest BCUT2D eigenvalue weighted by molar-refractivity contribution is 7.10. The lowest BCUT2D eigenvalue weighted by atomic mass is 9.89. The summed E-state index contributed by atoms with van der Waals surface area (Å²) in [6.45, 7) is 8.21. The predicted octanol–water partition coefficient (Wildman–Crippen LogP) is 4.05. The average Bonchev–Trinajstić information content (AvgIpc) is 3.29. The van der Waals surface area contributed by atoms with Gasteiger partial charge in [-0.15, -0.1) is 11.3 Å². The van der Waals surface area contributed by atoms with E-state index in [0.717, 1.165) is 31.5 Å². The maximum atomic E-state index is 14.7. The van der Waals surface area contributed by atoms with Crippen LogP contribution in [0, 0.1) is 5.82 Å². The molecule has 2 aromatic rings. The number of ether oxygens (including phenoxy) is 1. The molecule has 1 spiro atoms. The Kier molecular flexibility index (Phi) is 7.30. The van der Waals surface area contributed by atoms with Gasteiger partial charge in [-0.3, -0.25) is 9.69 Å². The van der Waals surface area contributed by atoms with Gasteiger partial charge in [-0.25, -0.2) is 4.39 Å². The number of halogens is 1. The monoisotopic (exact) mass is 460 g/mol. The Morgan fingerprint density at radius 2 is 2.00 bits per heavy atom. The van der Waals surface area contributed by atoms with Crippen molar-refractivity contribution in [2.45, 2.75) is 51.2 Å². The summed E-state index contributed by atoms with van der Waals surface area (Å²) in [6.07, 6.45) is 1.99. The highest BCUT2D eigenvalue weighted by Gasteiger charge is 2.41. The molecule has 1 N–H and O–H groups in total. The van der Waals surface area contributed by atoms with Crippen molar-refractivity contribution in [3.05, 3.63) is 57.0 Å². The van der Waals surface area contributed by atoms with Crippen LogP contribution in [0.25, 0.3) is 0 Å². The smallest absolute Gasteiger partial charge is 0.254 e. The van der Waals surface area contributed by atoms with Gasteiger partial charge in [-0.05, 0) is 36.8 Å². The van der Waals surface area contributed by atoms with E-state index in [-0.39, 0.29) is 23.9 Å². The number of carbonyl (C=O) groups excluding carboxylic acids is 1. The molecule has 3 heterocycles. The van der Waals surface area contributed by atoms with Crippen LogP contribution in [0.3, 0.4) is 0 Å². The number of likely N-dealkylation sites (tertiary alicyclic amines) is 1. The molecule has 4 rings (SSSR count). The maximum absolute atomic E-state index is 14.7. The highest BCUT2D eigenvalue weighted by atomic mass is 32.1. The molecular weight excluding hydrogens is 427 g/mol. The molecule has 0 atom stereocenters. The van der Waals surface area contributed by atoms with Crippen LogP contribution in [-0.4, -0.2) is 65.8 Å². The van der Waals surface area contributed by atoms with Crippen molar-refractivity contribution in [2.24, 2.45) is 0 Å². The van der Waals surface area contributed by atoms with Gasteiger partial charge in [0.05, 0.1) is 24.3 Å². The van der Waals surface area contributed by atoms with Crippen LogP contribution in [0.5, 0.6) is 0 Å². The lowest BCUT2D eigenvalue weighted by Gasteiger charge is -2.47. The zero-order valence-corrected chi connectivity index (χ0v) is 19.8. The molecule has 0 saturated carbocycles. The molecule has 7 heteroatoms. The first-order valence-electron chi connectivity index (χ1n) is 11.5. The number of aliphatic hydroxyl groups excluding tert-OH is 1. The van der Waals surface area contributed by atoms with Crippen LogP contribution >= 0.6 is 11.3 Å². The van der Waals surface area contributed by atoms with Crippen molar-refractivity contribution in [1.29, 1.82) is 0 Å². The number of thiophene rings is 1. The lowest BCUT2D eigenvalue weighted by molar-refractivity contribution is -0.128. The topological polar surface area (TPSA) is 53.0 Å². The van der Waals surface area contributed by atoms with Crippen molar-refractivity contribution in [3.8, 4) is 0 Å². The summed E-state index contributed by atoms with van der Waals surface area (Å²) in [5, 5.41) is 11.1. The largest absolute Gasteiger partial charge is 0.396 e. The highest BCUT2D eigenvalue weighted by Crippen LogP contribution is 2.32. The Bertz CT molecular complexity index is 937. The SMILES string of the molecule is CC(C)c1cc(C(=O)N2CCOC3(CCN(Cc4cccc(CCO)c4F)CC3)C2)cs1. The number of hydrogen-bond donors (Lipinski definition) is 1. The summed E-state index contributed by atoms with van der Waals surface area (Å²) in [5.74, 6) is 0.321. The third-order valence-corrected chi connectivity index (χ3v) is 7.91. The zero-order valence-electron chi connectivity index (χ0n) is 19.0. The van der Waals surface area contributed by atoms with E-state index in [4.69, 9.17) is 9.84 Å². The van der Waals surface area contributed by atoms with Crippen LogP contribution < -0.4 is 0 Å². The number of amides is 1. The van der Waals surface area contributed by atoms with Crippen LogP contribution in [0.4, 0.5) is 4.39 Å². The summed E-state index contributed by atoms with van der Waals surface area (Å²) < 4.78 is 20.9. The third kappa shape index (κ3) is 5.06. The van der Waals surface area contributed by atoms with Gasteiger partial charge < -0.3 is 14.7 Å². The number of benzene rings is 1. The Balaban J connectivity index is 1.36. The minimum atomic E-state index is -0.307. The first-order valence-corrected chi connectivity index (χ1v) is 12.4. The molecule has 5 nitrogen and oxygen atoms in total. The summed E-state index contributed by atoms with van der Waals surface area (Å²) in [7, 11) is 0. The molecule has 32 heavy (non-hydrogen) atoms. The summed E-state index contributed by atoms with van der Waals surface area (Å²) in [6, 6.07) is 7.45. The zero-order chi connectivity index (χ0) is 22.7. The van der Waals surface area contributed by atoms with Gasteiger partial charge in [0, 0.05) is 48.6 Å². The Hall–Kier alpha value is -1.80. The molecular formula is C25H33FN2O3S. The molecule has 1 amide bonds. The van der Waals surface area contributed by atoms with E-state index in [2.05, 4.69) is 18.7 Å². The van der Waals surface area contributed by atoms with Gasteiger partial charge in [-0.2, -0.15) is 0 Å². The summed E-state index contributed by atoms with van der Waals surface area (Å²) >= 11 is 1.65. The standard InChI is InChI=1S/C25H33FN2O3S/c1-18(2)22-14-21(16-32-22)24(30)28-11-13-31-25(17-28)7-9-27(10-8-25)15-20-5-3-4-19(6-12-29)23(20)26/h3-5,14,16,18,29H,6-13,15,17H2,1-2H3. The number of rotatable bonds is 6. The second-order valence-electron chi connectivity index (χ2n) is 9.29. The number of aliphatic hydroxyl groups is 1. The fraction of sp³-hybridized carbons (Fsp3) is 0.560. The number of nitrogens with zero attached hydrogens (tertiary/aromatic N) is 2. The fourth-order valence-electron chi connectivity index (χ4n) is 4.70. The maximum Gasteiger partial charge on any atom is 0.254 e. The number of hydrogen-bond acceptors (Lipinski definition) is 5. The van der Waals surface area contributed by atoms with E-state index in [1.54, 1.807) is 17.4 Å². The van der Waals surface area contributed by atoms with Crippen molar-refractivity contribution in [2.75, 3.05) is 39.4 Å². The van der Waals surface area contributed by atoms with Crippen LogP contribution in [0.15, 0.2) is 29.6 Å². The minimum Gasteiger partial charge on any atom is -0.396 e. The van der Waals surface area contributed by atoms with E-state index < -0.39 is 0 Å². The molecule has 2 fully saturated rings. The molecule has 0 bridgehead atoms. The molecule has 0 unspecified atom stereocenters. The van der Waals surface area contributed by atoms with E-state index in [0.29, 0.717) is 49.7 Å². The van der Waals surface area contributed by atoms with Gasteiger partial charge in [0.15, 0.2) is 0 Å². The second-order valence-corrected chi connectivity index (χ2v) is 10.2. The minimum absolute atomic E-state index is 0.0523. The van der Waals surface area contributed by atoms with E-state index >= 15 is 0 Å². The van der Waals surface area contributed by atoms with Crippen molar-refractivity contribution in [3.63, 3.8) is 0 Å². The lowest BCUT2D eigenvalue weighted by Crippen LogP contribution is -2.57. The van der Waals surface area contributed by atoms with E-state index in [1.807, 2.05) is 28.5 Å². The van der Waals surface area contributed by atoms with Gasteiger partial charge in [0.2, 0.25) is 0 Å². The third-order valence-electron chi connectivity index (χ3n) is 6.67. The predicted molar refractivity (Wildman–Crippen MR) is 125 cm³/mol. The summed E-state index contributed by atoms with van der Waals surface area (Å²) in [5.41, 5.74) is 1.72.